The van der Waals surface area contributed by atoms with Crippen molar-refractivity contribution >= 4 is 35.6 Å². The summed E-state index contributed by atoms with van der Waals surface area (Å²) in [5.74, 6) is -2.22. The molecule has 0 aliphatic carbocycles. The van der Waals surface area contributed by atoms with E-state index in [-0.39, 0.29) is 23.3 Å². The second-order valence-corrected chi connectivity index (χ2v) is 11.5. The van der Waals surface area contributed by atoms with Gasteiger partial charge in [0.2, 0.25) is 0 Å². The molecule has 2 unspecified atom stereocenters. The van der Waals surface area contributed by atoms with Gasteiger partial charge in [0, 0.05) is 0 Å². The van der Waals surface area contributed by atoms with E-state index >= 15 is 0 Å². The molecule has 46 heavy (non-hydrogen) atoms. The molecule has 1 fully saturated rings. The van der Waals surface area contributed by atoms with Gasteiger partial charge in [-0.25, -0.2) is 19.2 Å². The maximum atomic E-state index is 13.5. The van der Waals surface area contributed by atoms with Gasteiger partial charge in [-0.2, -0.15) is 0 Å². The SMILES string of the molecule is CCS[C@@H]1OC(COC(=O)c2ccccc2)[C@H](OC(=O)c2ccccc2)C(OC(=O)c2ccccc2)[C@@H]1OC(=O)c1ccccc1. The van der Waals surface area contributed by atoms with Crippen molar-refractivity contribution in [3.8, 4) is 0 Å². The number of ether oxygens (including phenoxy) is 5. The van der Waals surface area contributed by atoms with Gasteiger partial charge >= 0.3 is 23.9 Å². The van der Waals surface area contributed by atoms with E-state index in [4.69, 9.17) is 23.7 Å². The number of carbonyl (C=O) groups is 4. The topological polar surface area (TPSA) is 114 Å². The zero-order valence-corrected chi connectivity index (χ0v) is 25.7. The summed E-state index contributed by atoms with van der Waals surface area (Å²) in [5.41, 5.74) is 0.184. The largest absolute Gasteiger partial charge is 0.459 e. The Labute approximate surface area is 270 Å². The van der Waals surface area contributed by atoms with Gasteiger partial charge in [-0.15, -0.1) is 11.8 Å². The Kier molecular flexibility index (Phi) is 11.2. The number of rotatable bonds is 11. The van der Waals surface area contributed by atoms with Crippen LogP contribution in [0.15, 0.2) is 121 Å². The maximum Gasteiger partial charge on any atom is 0.338 e. The lowest BCUT2D eigenvalue weighted by Crippen LogP contribution is -2.61. The van der Waals surface area contributed by atoms with Crippen LogP contribution in [0.5, 0.6) is 0 Å². The van der Waals surface area contributed by atoms with Gasteiger partial charge in [-0.1, -0.05) is 79.7 Å². The first-order chi connectivity index (χ1) is 22.4. The van der Waals surface area contributed by atoms with Crippen molar-refractivity contribution in [2.75, 3.05) is 12.4 Å². The number of thioether (sulfide) groups is 1. The molecular weight excluding hydrogens is 608 g/mol. The fourth-order valence-corrected chi connectivity index (χ4v) is 5.78. The molecule has 1 saturated heterocycles. The first-order valence-corrected chi connectivity index (χ1v) is 15.8. The minimum Gasteiger partial charge on any atom is -0.459 e. The lowest BCUT2D eigenvalue weighted by Gasteiger charge is -2.44. The third-order valence-corrected chi connectivity index (χ3v) is 8.11. The minimum atomic E-state index is -1.34. The van der Waals surface area contributed by atoms with Crippen molar-refractivity contribution in [2.45, 2.75) is 36.8 Å². The Balaban J connectivity index is 1.52. The van der Waals surface area contributed by atoms with Gasteiger partial charge < -0.3 is 23.7 Å². The molecule has 0 bridgehead atoms. The second-order valence-electron chi connectivity index (χ2n) is 10.2. The molecule has 4 aromatic rings. The van der Waals surface area contributed by atoms with Crippen LogP contribution in [0.1, 0.15) is 48.4 Å². The van der Waals surface area contributed by atoms with Gasteiger partial charge in [-0.05, 0) is 54.3 Å². The lowest BCUT2D eigenvalue weighted by molar-refractivity contribution is -0.207. The summed E-state index contributed by atoms with van der Waals surface area (Å²) in [7, 11) is 0. The number of hydrogen-bond acceptors (Lipinski definition) is 10. The number of benzene rings is 4. The molecule has 0 amide bonds. The van der Waals surface area contributed by atoms with Gasteiger partial charge in [0.15, 0.2) is 18.3 Å². The van der Waals surface area contributed by atoms with E-state index in [0.29, 0.717) is 11.3 Å². The smallest absolute Gasteiger partial charge is 0.338 e. The van der Waals surface area contributed by atoms with Crippen LogP contribution in [0.25, 0.3) is 0 Å². The number of esters is 4. The van der Waals surface area contributed by atoms with Gasteiger partial charge in [0.1, 0.15) is 18.1 Å². The Morgan fingerprint density at radius 2 is 0.913 bits per heavy atom. The molecule has 1 aliphatic rings. The van der Waals surface area contributed by atoms with Crippen molar-refractivity contribution in [3.63, 3.8) is 0 Å². The Morgan fingerprint density at radius 3 is 1.33 bits per heavy atom. The van der Waals surface area contributed by atoms with Crippen LogP contribution >= 0.6 is 11.8 Å². The molecule has 0 radical (unpaired) electrons. The molecule has 4 aromatic carbocycles. The summed E-state index contributed by atoms with van der Waals surface area (Å²) in [5, 5.41) is 0. The van der Waals surface area contributed by atoms with Gasteiger partial charge in [0.05, 0.1) is 22.3 Å². The van der Waals surface area contributed by atoms with Crippen LogP contribution in [0.4, 0.5) is 0 Å². The molecule has 0 spiro atoms. The highest BCUT2D eigenvalue weighted by Crippen LogP contribution is 2.35. The molecule has 10 heteroatoms. The van der Waals surface area contributed by atoms with E-state index < -0.39 is 53.7 Å². The van der Waals surface area contributed by atoms with Crippen LogP contribution in [-0.2, 0) is 23.7 Å². The van der Waals surface area contributed by atoms with Crippen LogP contribution < -0.4 is 0 Å². The molecule has 236 valence electrons. The lowest BCUT2D eigenvalue weighted by atomic mass is 9.98. The average molecular weight is 641 g/mol. The van der Waals surface area contributed by atoms with Crippen LogP contribution in [0, 0.1) is 0 Å². The summed E-state index contributed by atoms with van der Waals surface area (Å²) in [6, 6.07) is 33.3. The molecule has 0 aromatic heterocycles. The quantitative estimate of drug-likeness (QED) is 0.143. The third kappa shape index (κ3) is 8.21. The zero-order valence-electron chi connectivity index (χ0n) is 24.9. The molecule has 0 N–H and O–H groups in total. The first-order valence-electron chi connectivity index (χ1n) is 14.7. The second kappa shape index (κ2) is 15.9. The Hall–Kier alpha value is -4.93. The summed E-state index contributed by atoms with van der Waals surface area (Å²) in [4.78, 5) is 53.2. The van der Waals surface area contributed by atoms with Crippen molar-refractivity contribution in [1.29, 1.82) is 0 Å². The number of hydrogen-bond donors (Lipinski definition) is 0. The molecule has 1 aliphatic heterocycles. The third-order valence-electron chi connectivity index (χ3n) is 7.07. The molecular formula is C36H32O9S. The molecule has 9 nitrogen and oxygen atoms in total. The molecule has 0 saturated carbocycles. The normalized spacial score (nSPS) is 20.6. The highest BCUT2D eigenvalue weighted by atomic mass is 32.2. The van der Waals surface area contributed by atoms with Gasteiger partial charge in [-0.3, -0.25) is 0 Å². The van der Waals surface area contributed by atoms with Crippen molar-refractivity contribution in [1.82, 2.24) is 0 Å². The van der Waals surface area contributed by atoms with E-state index in [0.717, 1.165) is 0 Å². The number of carbonyl (C=O) groups excluding carboxylic acids is 4. The van der Waals surface area contributed by atoms with Crippen molar-refractivity contribution in [3.05, 3.63) is 144 Å². The van der Waals surface area contributed by atoms with E-state index in [1.165, 1.54) is 11.8 Å². The first kappa shape index (κ1) is 32.5. The summed E-state index contributed by atoms with van der Waals surface area (Å²) in [6.45, 7) is 1.54. The predicted molar refractivity (Wildman–Crippen MR) is 170 cm³/mol. The highest BCUT2D eigenvalue weighted by Gasteiger charge is 2.53. The van der Waals surface area contributed by atoms with Crippen molar-refractivity contribution in [2.24, 2.45) is 0 Å². The average Bonchev–Trinajstić information content (AvgIpc) is 3.11. The van der Waals surface area contributed by atoms with E-state index in [2.05, 4.69) is 0 Å². The fourth-order valence-electron chi connectivity index (χ4n) is 4.83. The fraction of sp³-hybridized carbons (Fsp3) is 0.222. The summed E-state index contributed by atoms with van der Waals surface area (Å²) in [6.07, 6.45) is -4.98. The van der Waals surface area contributed by atoms with Crippen LogP contribution in [0.3, 0.4) is 0 Å². The molecule has 5 rings (SSSR count). The molecule has 5 atom stereocenters. The maximum absolute atomic E-state index is 13.5. The van der Waals surface area contributed by atoms with E-state index in [9.17, 15) is 19.2 Å². The predicted octanol–water partition coefficient (Wildman–Crippen LogP) is 6.00. The Morgan fingerprint density at radius 1 is 0.543 bits per heavy atom. The Bertz CT molecular complexity index is 1600. The monoisotopic (exact) mass is 640 g/mol. The van der Waals surface area contributed by atoms with Crippen LogP contribution in [0.2, 0.25) is 0 Å². The summed E-state index contributed by atoms with van der Waals surface area (Å²) < 4.78 is 30.0. The van der Waals surface area contributed by atoms with E-state index in [1.54, 1.807) is 121 Å². The van der Waals surface area contributed by atoms with Gasteiger partial charge in [0.25, 0.3) is 0 Å². The van der Waals surface area contributed by atoms with Crippen LogP contribution in [-0.4, -0.2) is 66.1 Å². The highest BCUT2D eigenvalue weighted by molar-refractivity contribution is 7.99. The minimum absolute atomic E-state index is 0.235. The standard InChI is InChI=1S/C36H32O9S/c1-2-46-36-31(45-35(40)27-21-13-6-14-22-27)30(44-34(39)26-19-11-5-12-20-26)29(43-33(38)25-17-9-4-10-18-25)28(42-36)23-41-32(37)24-15-7-3-8-16-24/h3-22,28-31,36H,2,23H2,1H3/t28?,29-,30?,31-,36-/m0/s1. The summed E-state index contributed by atoms with van der Waals surface area (Å²) >= 11 is 1.30. The zero-order chi connectivity index (χ0) is 32.3. The van der Waals surface area contributed by atoms with Crippen molar-refractivity contribution < 1.29 is 42.9 Å². The molecule has 1 heterocycles. The van der Waals surface area contributed by atoms with E-state index in [1.807, 2.05) is 6.92 Å².